The Morgan fingerprint density at radius 3 is 2.24 bits per heavy atom. The average Bonchev–Trinajstić information content (AvgIpc) is 2.60. The second-order valence-electron chi connectivity index (χ2n) is 6.41. The molecule has 0 aliphatic heterocycles. The Bertz CT molecular complexity index is 695. The Hall–Kier alpha value is -2.50. The Morgan fingerprint density at radius 1 is 1.08 bits per heavy atom. The van der Waals surface area contributed by atoms with Crippen molar-refractivity contribution < 1.29 is 24.2 Å². The average molecular weight is 346 g/mol. The highest BCUT2D eigenvalue weighted by molar-refractivity contribution is 5.85. The highest BCUT2D eigenvalue weighted by Gasteiger charge is 2.33. The van der Waals surface area contributed by atoms with Gasteiger partial charge in [0.2, 0.25) is 5.91 Å². The molecule has 0 bridgehead atoms. The molecule has 2 rings (SSSR count). The number of carbonyl (C=O) groups excluding carboxylic acids is 2. The summed E-state index contributed by atoms with van der Waals surface area (Å²) < 4.78 is 10.4. The van der Waals surface area contributed by atoms with Crippen molar-refractivity contribution in [2.24, 2.45) is 11.8 Å². The first-order valence-corrected chi connectivity index (χ1v) is 8.22. The first kappa shape index (κ1) is 18.8. The molecular formula is C19H24NO5-. The number of carboxylic acids is 1. The minimum atomic E-state index is -1.17. The maximum atomic E-state index is 12.5. The summed E-state index contributed by atoms with van der Waals surface area (Å²) in [6.07, 6.45) is 0.810. The van der Waals surface area contributed by atoms with Crippen LogP contribution < -0.4 is 19.9 Å². The van der Waals surface area contributed by atoms with E-state index in [2.05, 4.69) is 5.32 Å². The van der Waals surface area contributed by atoms with Crippen LogP contribution in [0.15, 0.2) is 29.3 Å². The lowest BCUT2D eigenvalue weighted by Crippen LogP contribution is -2.44. The van der Waals surface area contributed by atoms with E-state index in [1.165, 1.54) is 0 Å². The zero-order chi connectivity index (χ0) is 18.6. The molecule has 1 aliphatic rings. The number of hydrogen-bond acceptors (Lipinski definition) is 5. The normalized spacial score (nSPS) is 20.2. The molecule has 0 unspecified atom stereocenters. The fourth-order valence-corrected chi connectivity index (χ4v) is 3.13. The van der Waals surface area contributed by atoms with Crippen LogP contribution in [0.2, 0.25) is 0 Å². The van der Waals surface area contributed by atoms with Crippen LogP contribution >= 0.6 is 0 Å². The van der Waals surface area contributed by atoms with E-state index in [4.69, 9.17) is 9.47 Å². The number of nitrogens with one attached hydrogen (secondary N) is 1. The van der Waals surface area contributed by atoms with Gasteiger partial charge in [0.1, 0.15) is 0 Å². The second-order valence-corrected chi connectivity index (χ2v) is 6.41. The number of allylic oxidation sites excluding steroid dienone is 2. The Kier molecular flexibility index (Phi) is 6.07. The van der Waals surface area contributed by atoms with Crippen LogP contribution in [0, 0.1) is 11.8 Å². The Labute approximate surface area is 147 Å². The number of hydrogen-bond donors (Lipinski definition) is 1. The number of benzene rings is 1. The van der Waals surface area contributed by atoms with Gasteiger partial charge in [-0.15, -0.1) is 0 Å². The summed E-state index contributed by atoms with van der Waals surface area (Å²) in [6, 6.07) is 5.38. The summed E-state index contributed by atoms with van der Waals surface area (Å²) in [6.45, 7) is 4.13. The summed E-state index contributed by atoms with van der Waals surface area (Å²) in [5.74, 6) is -1.64. The summed E-state index contributed by atoms with van der Waals surface area (Å²) >= 11 is 0. The number of carbonyl (C=O) groups is 2. The number of rotatable bonds is 6. The number of ether oxygens (including phenoxy) is 2. The van der Waals surface area contributed by atoms with Crippen LogP contribution in [0.25, 0.3) is 0 Å². The van der Waals surface area contributed by atoms with E-state index < -0.39 is 17.8 Å². The summed E-state index contributed by atoms with van der Waals surface area (Å²) in [5.41, 5.74) is 2.94. The van der Waals surface area contributed by atoms with Gasteiger partial charge in [-0.3, -0.25) is 4.79 Å². The van der Waals surface area contributed by atoms with Gasteiger partial charge >= 0.3 is 0 Å². The molecule has 2 atom stereocenters. The van der Waals surface area contributed by atoms with Crippen molar-refractivity contribution in [3.05, 3.63) is 34.9 Å². The maximum absolute atomic E-state index is 12.5. The SMILES string of the molecule is COc1ccc(CNC(=O)[C@H]2CC(C)=C(C)C[C@H]2C(=O)[O-])cc1OC. The zero-order valence-electron chi connectivity index (χ0n) is 15.0. The van der Waals surface area contributed by atoms with Crippen LogP contribution in [0.5, 0.6) is 11.5 Å². The van der Waals surface area contributed by atoms with Gasteiger partial charge in [-0.1, -0.05) is 17.2 Å². The molecule has 1 N–H and O–H groups in total. The van der Waals surface area contributed by atoms with Crippen molar-refractivity contribution in [1.82, 2.24) is 5.32 Å². The molecule has 0 aromatic heterocycles. The van der Waals surface area contributed by atoms with E-state index in [1.54, 1.807) is 26.4 Å². The third-order valence-electron chi connectivity index (χ3n) is 4.82. The van der Waals surface area contributed by atoms with Gasteiger partial charge in [0.25, 0.3) is 0 Å². The fraction of sp³-hybridized carbons (Fsp3) is 0.474. The number of methoxy groups -OCH3 is 2. The van der Waals surface area contributed by atoms with Gasteiger partial charge in [0.05, 0.1) is 14.2 Å². The molecule has 0 heterocycles. The number of carboxylic acid groups (broad SMARTS) is 1. The van der Waals surface area contributed by atoms with E-state index in [-0.39, 0.29) is 12.5 Å². The minimum absolute atomic E-state index is 0.268. The second kappa shape index (κ2) is 8.05. The van der Waals surface area contributed by atoms with Crippen LogP contribution in [0.3, 0.4) is 0 Å². The van der Waals surface area contributed by atoms with Gasteiger partial charge < -0.3 is 24.7 Å². The van der Waals surface area contributed by atoms with Gasteiger partial charge in [-0.05, 0) is 44.4 Å². The fourth-order valence-electron chi connectivity index (χ4n) is 3.13. The molecule has 1 amide bonds. The molecule has 1 aliphatic carbocycles. The lowest BCUT2D eigenvalue weighted by atomic mass is 9.76. The van der Waals surface area contributed by atoms with Crippen molar-refractivity contribution in [2.45, 2.75) is 33.2 Å². The van der Waals surface area contributed by atoms with Crippen molar-refractivity contribution in [2.75, 3.05) is 14.2 Å². The molecule has 136 valence electrons. The molecule has 0 fully saturated rings. The molecule has 1 aromatic rings. The molecule has 1 aromatic carbocycles. The smallest absolute Gasteiger partial charge is 0.224 e. The van der Waals surface area contributed by atoms with Crippen LogP contribution in [-0.2, 0) is 16.1 Å². The Balaban J connectivity index is 2.07. The molecule has 25 heavy (non-hydrogen) atoms. The molecule has 0 radical (unpaired) electrons. The van der Waals surface area contributed by atoms with Crippen LogP contribution in [-0.4, -0.2) is 26.1 Å². The monoisotopic (exact) mass is 346 g/mol. The largest absolute Gasteiger partial charge is 0.550 e. The van der Waals surface area contributed by atoms with Crippen molar-refractivity contribution in [1.29, 1.82) is 0 Å². The van der Waals surface area contributed by atoms with Crippen molar-refractivity contribution in [3.8, 4) is 11.5 Å². The molecule has 0 saturated carbocycles. The molecular weight excluding hydrogens is 322 g/mol. The number of amides is 1. The van der Waals surface area contributed by atoms with E-state index in [0.717, 1.165) is 16.7 Å². The quantitative estimate of drug-likeness (QED) is 0.788. The van der Waals surface area contributed by atoms with Gasteiger partial charge in [-0.2, -0.15) is 0 Å². The topological polar surface area (TPSA) is 87.7 Å². The summed E-state index contributed by atoms with van der Waals surface area (Å²) in [4.78, 5) is 23.9. The van der Waals surface area contributed by atoms with Gasteiger partial charge in [0.15, 0.2) is 11.5 Å². The lowest BCUT2D eigenvalue weighted by molar-refractivity contribution is -0.313. The predicted octanol–water partition coefficient (Wildman–Crippen LogP) is 1.43. The maximum Gasteiger partial charge on any atom is 0.224 e. The minimum Gasteiger partial charge on any atom is -0.550 e. The summed E-state index contributed by atoms with van der Waals surface area (Å²) in [5, 5.41) is 14.2. The molecule has 6 heteroatoms. The predicted molar refractivity (Wildman–Crippen MR) is 91.0 cm³/mol. The van der Waals surface area contributed by atoms with E-state index in [1.807, 2.05) is 19.9 Å². The van der Waals surface area contributed by atoms with Crippen LogP contribution in [0.4, 0.5) is 0 Å². The molecule has 0 spiro atoms. The highest BCUT2D eigenvalue weighted by atomic mass is 16.5. The first-order valence-electron chi connectivity index (χ1n) is 8.22. The number of aliphatic carboxylic acids is 1. The van der Waals surface area contributed by atoms with Gasteiger partial charge in [0, 0.05) is 24.3 Å². The Morgan fingerprint density at radius 2 is 1.68 bits per heavy atom. The van der Waals surface area contributed by atoms with E-state index in [0.29, 0.717) is 24.3 Å². The first-order chi connectivity index (χ1) is 11.9. The standard InChI is InChI=1S/C19H25NO5/c1-11-7-14(15(19(22)23)8-12(11)2)18(21)20-10-13-5-6-16(24-3)17(9-13)25-4/h5-6,9,14-15H,7-8,10H2,1-4H3,(H,20,21)(H,22,23)/p-1/t14-,15+/m0/s1. The van der Waals surface area contributed by atoms with Gasteiger partial charge in [-0.25, -0.2) is 0 Å². The molecule has 6 nitrogen and oxygen atoms in total. The van der Waals surface area contributed by atoms with E-state index >= 15 is 0 Å². The molecule has 0 saturated heterocycles. The summed E-state index contributed by atoms with van der Waals surface area (Å²) in [7, 11) is 3.10. The van der Waals surface area contributed by atoms with E-state index in [9.17, 15) is 14.7 Å². The third kappa shape index (κ3) is 4.32. The van der Waals surface area contributed by atoms with Crippen LogP contribution in [0.1, 0.15) is 32.3 Å². The van der Waals surface area contributed by atoms with Crippen molar-refractivity contribution in [3.63, 3.8) is 0 Å². The lowest BCUT2D eigenvalue weighted by Gasteiger charge is -2.32. The van der Waals surface area contributed by atoms with Crippen molar-refractivity contribution >= 4 is 11.9 Å². The third-order valence-corrected chi connectivity index (χ3v) is 4.82. The highest BCUT2D eigenvalue weighted by Crippen LogP contribution is 2.34. The zero-order valence-corrected chi connectivity index (χ0v) is 15.0.